The van der Waals surface area contributed by atoms with E-state index in [4.69, 9.17) is 5.73 Å². The number of para-hydroxylation sites is 1. The number of benzene rings is 1. The van der Waals surface area contributed by atoms with Gasteiger partial charge in [-0.15, -0.1) is 0 Å². The van der Waals surface area contributed by atoms with Crippen molar-refractivity contribution in [3.8, 4) is 6.07 Å². The van der Waals surface area contributed by atoms with Gasteiger partial charge in [-0.05, 0) is 12.1 Å². The zero-order chi connectivity index (χ0) is 18.2. The van der Waals surface area contributed by atoms with E-state index in [1.54, 1.807) is 12.1 Å². The third kappa shape index (κ3) is 5.24. The number of nitrogens with zero attached hydrogens (tertiary/aromatic N) is 4. The average Bonchev–Trinajstić information content (AvgIpc) is 2.55. The first kappa shape index (κ1) is 17.8. The summed E-state index contributed by atoms with van der Waals surface area (Å²) in [5.74, 6) is -1.83. The fourth-order valence-electron chi connectivity index (χ4n) is 2.02. The molecule has 1 amide bonds. The molecule has 0 bridgehead atoms. The van der Waals surface area contributed by atoms with Crippen molar-refractivity contribution in [3.05, 3.63) is 36.2 Å². The molecule has 1 unspecified atom stereocenters. The third-order valence-electron chi connectivity index (χ3n) is 3.15. The zero-order valence-corrected chi connectivity index (χ0v) is 13.6. The van der Waals surface area contributed by atoms with E-state index in [2.05, 4.69) is 25.6 Å². The monoisotopic (exact) mass is 339 g/mol. The first-order chi connectivity index (χ1) is 12.0. The Hall–Kier alpha value is -3.54. The maximum Gasteiger partial charge on any atom is 0.232 e. The van der Waals surface area contributed by atoms with E-state index >= 15 is 0 Å². The van der Waals surface area contributed by atoms with Gasteiger partial charge in [0.25, 0.3) is 0 Å². The highest BCUT2D eigenvalue weighted by Crippen LogP contribution is 2.18. The van der Waals surface area contributed by atoms with Gasteiger partial charge < -0.3 is 16.4 Å². The molecule has 9 heteroatoms. The van der Waals surface area contributed by atoms with Crippen LogP contribution in [0.3, 0.4) is 0 Å². The van der Waals surface area contributed by atoms with Gasteiger partial charge in [0.2, 0.25) is 17.8 Å². The van der Waals surface area contributed by atoms with Gasteiger partial charge in [-0.3, -0.25) is 9.59 Å². The Morgan fingerprint density at radius 3 is 2.60 bits per heavy atom. The number of amides is 1. The number of ketones is 1. The van der Waals surface area contributed by atoms with Crippen LogP contribution in [0.5, 0.6) is 0 Å². The van der Waals surface area contributed by atoms with Crippen LogP contribution in [0.4, 0.5) is 17.6 Å². The molecule has 128 valence electrons. The van der Waals surface area contributed by atoms with Crippen molar-refractivity contribution in [2.24, 2.45) is 0 Å². The Kier molecular flexibility index (Phi) is 5.95. The minimum atomic E-state index is -1.18. The molecule has 0 saturated carbocycles. The fourth-order valence-corrected chi connectivity index (χ4v) is 2.02. The number of carbonyl (C=O) groups excluding carboxylic acids is 2. The summed E-state index contributed by atoms with van der Waals surface area (Å²) in [4.78, 5) is 35.0. The maximum absolute atomic E-state index is 12.2. The molecule has 1 atom stereocenters. The first-order valence-electron chi connectivity index (χ1n) is 7.50. The lowest BCUT2D eigenvalue weighted by molar-refractivity contribution is -0.120. The largest absolute Gasteiger partial charge is 0.368 e. The van der Waals surface area contributed by atoms with E-state index in [-0.39, 0.29) is 36.6 Å². The van der Waals surface area contributed by atoms with Gasteiger partial charge >= 0.3 is 0 Å². The minimum Gasteiger partial charge on any atom is -0.368 e. The van der Waals surface area contributed by atoms with Crippen LogP contribution in [0.25, 0.3) is 0 Å². The highest BCUT2D eigenvalue weighted by Gasteiger charge is 2.24. The molecule has 0 radical (unpaired) electrons. The van der Waals surface area contributed by atoms with Crippen molar-refractivity contribution < 1.29 is 9.59 Å². The second kappa shape index (κ2) is 8.35. The fraction of sp³-hybridized carbons (Fsp3) is 0.250. The topological polar surface area (TPSA) is 147 Å². The summed E-state index contributed by atoms with van der Waals surface area (Å²) in [5.41, 5.74) is 6.39. The SMILES string of the molecule is CC(=O)NCCC(=O)C(C#N)c1nc(N)nc(Nc2ccccc2)n1. The van der Waals surface area contributed by atoms with Crippen LogP contribution < -0.4 is 16.4 Å². The first-order valence-corrected chi connectivity index (χ1v) is 7.50. The third-order valence-corrected chi connectivity index (χ3v) is 3.15. The van der Waals surface area contributed by atoms with Gasteiger partial charge in [0.1, 0.15) is 0 Å². The molecule has 1 heterocycles. The predicted molar refractivity (Wildman–Crippen MR) is 90.6 cm³/mol. The summed E-state index contributed by atoms with van der Waals surface area (Å²) >= 11 is 0. The molecule has 1 aromatic heterocycles. The highest BCUT2D eigenvalue weighted by atomic mass is 16.1. The number of anilines is 3. The molecular formula is C16H17N7O2. The molecule has 0 aliphatic heterocycles. The lowest BCUT2D eigenvalue weighted by Gasteiger charge is -2.10. The summed E-state index contributed by atoms with van der Waals surface area (Å²) in [6.07, 6.45) is -0.00909. The minimum absolute atomic E-state index is 0.00909. The molecule has 0 aliphatic rings. The quantitative estimate of drug-likeness (QED) is 0.674. The maximum atomic E-state index is 12.2. The lowest BCUT2D eigenvalue weighted by Crippen LogP contribution is -2.25. The van der Waals surface area contributed by atoms with E-state index in [0.29, 0.717) is 0 Å². The van der Waals surface area contributed by atoms with Crippen LogP contribution in [0.2, 0.25) is 0 Å². The molecular weight excluding hydrogens is 322 g/mol. The Morgan fingerprint density at radius 1 is 1.24 bits per heavy atom. The van der Waals surface area contributed by atoms with Gasteiger partial charge in [0, 0.05) is 25.6 Å². The van der Waals surface area contributed by atoms with Crippen LogP contribution in [-0.4, -0.2) is 33.2 Å². The summed E-state index contributed by atoms with van der Waals surface area (Å²) in [6, 6.07) is 11.0. The smallest absolute Gasteiger partial charge is 0.232 e. The summed E-state index contributed by atoms with van der Waals surface area (Å²) in [6.45, 7) is 1.49. The van der Waals surface area contributed by atoms with Crippen molar-refractivity contribution in [1.82, 2.24) is 20.3 Å². The summed E-state index contributed by atoms with van der Waals surface area (Å²) < 4.78 is 0. The number of nitrogens with two attached hydrogens (primary N) is 1. The Morgan fingerprint density at radius 2 is 1.96 bits per heavy atom. The number of Topliss-reactive ketones (excluding diaryl/α,β-unsaturated/α-hetero) is 1. The number of carbonyl (C=O) groups is 2. The van der Waals surface area contributed by atoms with E-state index in [0.717, 1.165) is 5.69 Å². The molecule has 1 aromatic carbocycles. The van der Waals surface area contributed by atoms with Crippen LogP contribution >= 0.6 is 0 Å². The predicted octanol–water partition coefficient (Wildman–Crippen LogP) is 0.900. The van der Waals surface area contributed by atoms with E-state index in [9.17, 15) is 14.9 Å². The molecule has 0 saturated heterocycles. The number of rotatable bonds is 7. The van der Waals surface area contributed by atoms with Gasteiger partial charge in [-0.25, -0.2) is 0 Å². The van der Waals surface area contributed by atoms with Crippen molar-refractivity contribution in [2.75, 3.05) is 17.6 Å². The standard InChI is InChI=1S/C16H17N7O2/c1-10(24)19-8-7-13(25)12(9-17)14-21-15(18)23-16(22-14)20-11-5-3-2-4-6-11/h2-6,12H,7-8H2,1H3,(H,19,24)(H3,18,20,21,22,23). The number of nitrogen functional groups attached to an aromatic ring is 1. The van der Waals surface area contributed by atoms with Crippen LogP contribution in [-0.2, 0) is 9.59 Å². The molecule has 0 aliphatic carbocycles. The van der Waals surface area contributed by atoms with Gasteiger partial charge in [-0.2, -0.15) is 20.2 Å². The van der Waals surface area contributed by atoms with Crippen LogP contribution in [0, 0.1) is 11.3 Å². The molecule has 2 aromatic rings. The number of nitrogens with one attached hydrogen (secondary N) is 2. The number of hydrogen-bond acceptors (Lipinski definition) is 8. The highest BCUT2D eigenvalue weighted by molar-refractivity contribution is 5.88. The van der Waals surface area contributed by atoms with Crippen LogP contribution in [0.1, 0.15) is 25.1 Å². The van der Waals surface area contributed by atoms with E-state index < -0.39 is 11.7 Å². The number of nitriles is 1. The van der Waals surface area contributed by atoms with Gasteiger partial charge in [-0.1, -0.05) is 18.2 Å². The Balaban J connectivity index is 2.17. The zero-order valence-electron chi connectivity index (χ0n) is 13.6. The van der Waals surface area contributed by atoms with Crippen molar-refractivity contribution in [1.29, 1.82) is 5.26 Å². The molecule has 9 nitrogen and oxygen atoms in total. The average molecular weight is 339 g/mol. The summed E-state index contributed by atoms with van der Waals surface area (Å²) in [5, 5.41) is 14.8. The Labute approximate surface area is 144 Å². The van der Waals surface area contributed by atoms with Crippen molar-refractivity contribution in [3.63, 3.8) is 0 Å². The van der Waals surface area contributed by atoms with E-state index in [1.807, 2.05) is 24.3 Å². The molecule has 2 rings (SSSR count). The second-order valence-corrected chi connectivity index (χ2v) is 5.13. The van der Waals surface area contributed by atoms with Gasteiger partial charge in [0.05, 0.1) is 6.07 Å². The normalized spacial score (nSPS) is 11.2. The van der Waals surface area contributed by atoms with E-state index in [1.165, 1.54) is 6.92 Å². The molecule has 0 fully saturated rings. The van der Waals surface area contributed by atoms with Gasteiger partial charge in [0.15, 0.2) is 17.5 Å². The van der Waals surface area contributed by atoms with Crippen LogP contribution in [0.15, 0.2) is 30.3 Å². The molecule has 25 heavy (non-hydrogen) atoms. The number of aromatic nitrogens is 3. The van der Waals surface area contributed by atoms with Crippen molar-refractivity contribution in [2.45, 2.75) is 19.3 Å². The Bertz CT molecular complexity index is 802. The summed E-state index contributed by atoms with van der Waals surface area (Å²) in [7, 11) is 0. The second-order valence-electron chi connectivity index (χ2n) is 5.13. The number of hydrogen-bond donors (Lipinski definition) is 3. The van der Waals surface area contributed by atoms with Crippen molar-refractivity contribution >= 4 is 29.3 Å². The lowest BCUT2D eigenvalue weighted by atomic mass is 10.0. The molecule has 0 spiro atoms. The molecule has 4 N–H and O–H groups in total.